The third-order valence-corrected chi connectivity index (χ3v) is 2.55. The molecule has 6 nitrogen and oxygen atoms in total. The highest BCUT2D eigenvalue weighted by Crippen LogP contribution is 2.14. The topological polar surface area (TPSA) is 91.3 Å². The highest BCUT2D eigenvalue weighted by molar-refractivity contribution is 6.05. The SMILES string of the molecule is O=C(NCc1cccnc1)NC(=O)c1ccccc1O. The summed E-state index contributed by atoms with van der Waals surface area (Å²) in [5.74, 6) is -0.836. The number of nitrogens with zero attached hydrogens (tertiary/aromatic N) is 1. The van der Waals surface area contributed by atoms with Gasteiger partial charge in [0, 0.05) is 18.9 Å². The number of phenols is 1. The first-order valence-electron chi connectivity index (χ1n) is 5.93. The molecule has 0 aliphatic carbocycles. The lowest BCUT2D eigenvalue weighted by Gasteiger charge is -2.07. The van der Waals surface area contributed by atoms with Crippen LogP contribution in [0.3, 0.4) is 0 Å². The van der Waals surface area contributed by atoms with Crippen LogP contribution < -0.4 is 10.6 Å². The molecule has 0 radical (unpaired) electrons. The predicted octanol–water partition coefficient (Wildman–Crippen LogP) is 1.43. The fourth-order valence-corrected chi connectivity index (χ4v) is 1.57. The molecule has 3 amide bonds. The maximum absolute atomic E-state index is 11.7. The summed E-state index contributed by atoms with van der Waals surface area (Å²) in [6.07, 6.45) is 3.25. The van der Waals surface area contributed by atoms with Crippen LogP contribution in [0.15, 0.2) is 48.8 Å². The lowest BCUT2D eigenvalue weighted by molar-refractivity contribution is 0.0961. The first-order chi connectivity index (χ1) is 9.66. The molecule has 1 aromatic heterocycles. The molecule has 2 rings (SSSR count). The van der Waals surface area contributed by atoms with Gasteiger partial charge in [-0.25, -0.2) is 4.79 Å². The van der Waals surface area contributed by atoms with Gasteiger partial charge in [0.1, 0.15) is 5.75 Å². The van der Waals surface area contributed by atoms with Crippen molar-refractivity contribution >= 4 is 11.9 Å². The highest BCUT2D eigenvalue weighted by Gasteiger charge is 2.13. The summed E-state index contributed by atoms with van der Waals surface area (Å²) in [4.78, 5) is 27.2. The molecule has 6 heteroatoms. The summed E-state index contributed by atoms with van der Waals surface area (Å²) < 4.78 is 0. The third-order valence-electron chi connectivity index (χ3n) is 2.55. The number of hydrogen-bond donors (Lipinski definition) is 3. The zero-order valence-corrected chi connectivity index (χ0v) is 10.5. The molecular formula is C14H13N3O3. The zero-order valence-electron chi connectivity index (χ0n) is 10.5. The van der Waals surface area contributed by atoms with Gasteiger partial charge in [-0.1, -0.05) is 18.2 Å². The number of carbonyl (C=O) groups is 2. The number of pyridine rings is 1. The van der Waals surface area contributed by atoms with Crippen molar-refractivity contribution < 1.29 is 14.7 Å². The quantitative estimate of drug-likeness (QED) is 0.787. The minimum absolute atomic E-state index is 0.0454. The van der Waals surface area contributed by atoms with Crippen LogP contribution in [-0.2, 0) is 6.54 Å². The Morgan fingerprint density at radius 1 is 1.15 bits per heavy atom. The van der Waals surface area contributed by atoms with Gasteiger partial charge in [0.2, 0.25) is 0 Å². The molecule has 0 saturated heterocycles. The van der Waals surface area contributed by atoms with E-state index in [-0.39, 0.29) is 17.9 Å². The Labute approximate surface area is 115 Å². The first kappa shape index (κ1) is 13.5. The molecule has 1 heterocycles. The number of aromatic nitrogens is 1. The molecule has 0 saturated carbocycles. The van der Waals surface area contributed by atoms with Crippen molar-refractivity contribution in [1.82, 2.24) is 15.6 Å². The average Bonchev–Trinajstić information content (AvgIpc) is 2.46. The fourth-order valence-electron chi connectivity index (χ4n) is 1.57. The number of amides is 3. The monoisotopic (exact) mass is 271 g/mol. The largest absolute Gasteiger partial charge is 0.507 e. The number of phenolic OH excluding ortho intramolecular Hbond substituents is 1. The number of aromatic hydroxyl groups is 1. The number of rotatable bonds is 3. The van der Waals surface area contributed by atoms with Crippen LogP contribution >= 0.6 is 0 Å². The van der Waals surface area contributed by atoms with Crippen molar-refractivity contribution in [2.24, 2.45) is 0 Å². The summed E-state index contributed by atoms with van der Waals surface area (Å²) in [5, 5.41) is 14.2. The van der Waals surface area contributed by atoms with Crippen molar-refractivity contribution in [3.63, 3.8) is 0 Å². The van der Waals surface area contributed by atoms with Crippen molar-refractivity contribution in [2.75, 3.05) is 0 Å². The van der Waals surface area contributed by atoms with E-state index in [9.17, 15) is 14.7 Å². The lowest BCUT2D eigenvalue weighted by Crippen LogP contribution is -2.39. The van der Waals surface area contributed by atoms with Crippen molar-refractivity contribution in [3.05, 3.63) is 59.9 Å². The van der Waals surface area contributed by atoms with Gasteiger partial charge in [0.15, 0.2) is 0 Å². The molecule has 0 spiro atoms. The van der Waals surface area contributed by atoms with Crippen LogP contribution in [0.5, 0.6) is 5.75 Å². The Hall–Kier alpha value is -2.89. The van der Waals surface area contributed by atoms with Crippen molar-refractivity contribution in [2.45, 2.75) is 6.54 Å². The Morgan fingerprint density at radius 2 is 1.95 bits per heavy atom. The second-order valence-electron chi connectivity index (χ2n) is 4.02. The second-order valence-corrected chi connectivity index (χ2v) is 4.02. The molecule has 0 atom stereocenters. The van der Waals surface area contributed by atoms with Gasteiger partial charge in [0.25, 0.3) is 5.91 Å². The molecule has 20 heavy (non-hydrogen) atoms. The van der Waals surface area contributed by atoms with Gasteiger partial charge in [-0.15, -0.1) is 0 Å². The molecule has 0 aliphatic rings. The Bertz CT molecular complexity index is 614. The number of para-hydroxylation sites is 1. The van der Waals surface area contributed by atoms with E-state index in [1.807, 2.05) is 0 Å². The smallest absolute Gasteiger partial charge is 0.321 e. The average molecular weight is 271 g/mol. The maximum atomic E-state index is 11.7. The third kappa shape index (κ3) is 3.55. The van der Waals surface area contributed by atoms with E-state index in [0.717, 1.165) is 5.56 Å². The fraction of sp³-hybridized carbons (Fsp3) is 0.0714. The maximum Gasteiger partial charge on any atom is 0.321 e. The van der Waals surface area contributed by atoms with Gasteiger partial charge in [0.05, 0.1) is 5.56 Å². The lowest BCUT2D eigenvalue weighted by atomic mass is 10.2. The second kappa shape index (κ2) is 6.33. The van der Waals surface area contributed by atoms with Gasteiger partial charge >= 0.3 is 6.03 Å². The van der Waals surface area contributed by atoms with E-state index < -0.39 is 11.9 Å². The molecule has 0 aliphatic heterocycles. The van der Waals surface area contributed by atoms with E-state index in [1.54, 1.807) is 36.7 Å². The van der Waals surface area contributed by atoms with Crippen LogP contribution in [0.25, 0.3) is 0 Å². The van der Waals surface area contributed by atoms with Gasteiger partial charge < -0.3 is 10.4 Å². The minimum Gasteiger partial charge on any atom is -0.507 e. The number of carbonyl (C=O) groups excluding carboxylic acids is 2. The normalized spacial score (nSPS) is 9.80. The Kier molecular flexibility index (Phi) is 4.28. The van der Waals surface area contributed by atoms with Crippen molar-refractivity contribution in [3.8, 4) is 5.75 Å². The number of urea groups is 1. The van der Waals surface area contributed by atoms with Crippen LogP contribution in [0, 0.1) is 0 Å². The van der Waals surface area contributed by atoms with Gasteiger partial charge in [-0.3, -0.25) is 15.1 Å². The molecule has 102 valence electrons. The molecular weight excluding hydrogens is 258 g/mol. The summed E-state index contributed by atoms with van der Waals surface area (Å²) in [5.41, 5.74) is 0.863. The van der Waals surface area contributed by atoms with Crippen LogP contribution in [0.4, 0.5) is 4.79 Å². The van der Waals surface area contributed by atoms with E-state index >= 15 is 0 Å². The summed E-state index contributed by atoms with van der Waals surface area (Å²) in [7, 11) is 0. The predicted molar refractivity (Wildman–Crippen MR) is 72.0 cm³/mol. The summed E-state index contributed by atoms with van der Waals surface area (Å²) in [6, 6.07) is 8.92. The van der Waals surface area contributed by atoms with Gasteiger partial charge in [-0.05, 0) is 23.8 Å². The molecule has 2 aromatic rings. The Morgan fingerprint density at radius 3 is 2.65 bits per heavy atom. The molecule has 3 N–H and O–H groups in total. The standard InChI is InChI=1S/C14H13N3O3/c18-12-6-2-1-5-11(12)13(19)17-14(20)16-9-10-4-3-7-15-8-10/h1-8,18H,9H2,(H2,16,17,19,20). The number of hydrogen-bond acceptors (Lipinski definition) is 4. The van der Waals surface area contributed by atoms with E-state index in [2.05, 4.69) is 15.6 Å². The molecule has 0 unspecified atom stereocenters. The number of benzene rings is 1. The van der Waals surface area contributed by atoms with Crippen LogP contribution in [0.1, 0.15) is 15.9 Å². The first-order valence-corrected chi connectivity index (χ1v) is 5.93. The number of imide groups is 1. The van der Waals surface area contributed by atoms with E-state index in [0.29, 0.717) is 0 Å². The van der Waals surface area contributed by atoms with E-state index in [4.69, 9.17) is 0 Å². The Balaban J connectivity index is 1.89. The molecule has 0 bridgehead atoms. The van der Waals surface area contributed by atoms with Crippen molar-refractivity contribution in [1.29, 1.82) is 0 Å². The van der Waals surface area contributed by atoms with Crippen LogP contribution in [0.2, 0.25) is 0 Å². The van der Waals surface area contributed by atoms with Gasteiger partial charge in [-0.2, -0.15) is 0 Å². The summed E-state index contributed by atoms with van der Waals surface area (Å²) >= 11 is 0. The molecule has 1 aromatic carbocycles. The zero-order chi connectivity index (χ0) is 14.4. The molecule has 0 fully saturated rings. The highest BCUT2D eigenvalue weighted by atomic mass is 16.3. The minimum atomic E-state index is -0.660. The number of nitrogens with one attached hydrogen (secondary N) is 2. The summed E-state index contributed by atoms with van der Waals surface area (Å²) in [6.45, 7) is 0.258. The van der Waals surface area contributed by atoms with Crippen LogP contribution in [-0.4, -0.2) is 22.0 Å². The van der Waals surface area contributed by atoms with E-state index in [1.165, 1.54) is 12.1 Å².